The summed E-state index contributed by atoms with van der Waals surface area (Å²) < 4.78 is 4.97. The van der Waals surface area contributed by atoms with E-state index in [-0.39, 0.29) is 28.9 Å². The normalized spacial score (nSPS) is 10.1. The summed E-state index contributed by atoms with van der Waals surface area (Å²) in [6.07, 6.45) is 0. The number of amides is 1. The number of hydrogen-bond acceptors (Lipinski definition) is 4. The van der Waals surface area contributed by atoms with Gasteiger partial charge in [0.15, 0.2) is 0 Å². The number of nitro groups is 1. The zero-order valence-electron chi connectivity index (χ0n) is 9.89. The summed E-state index contributed by atoms with van der Waals surface area (Å²) in [7, 11) is 1.37. The fraction of sp³-hybridized carbons (Fsp3) is 0.364. The summed E-state index contributed by atoms with van der Waals surface area (Å²) in [5.74, 6) is -0.121. The van der Waals surface area contributed by atoms with Gasteiger partial charge in [-0.2, -0.15) is 0 Å². The average molecular weight is 238 g/mol. The third kappa shape index (κ3) is 3.17. The minimum Gasteiger partial charge on any atom is -0.496 e. The molecule has 0 aliphatic carbocycles. The molecule has 1 aromatic rings. The van der Waals surface area contributed by atoms with Crippen molar-refractivity contribution >= 4 is 11.6 Å². The summed E-state index contributed by atoms with van der Waals surface area (Å²) in [6, 6.07) is 3.88. The molecule has 0 fully saturated rings. The van der Waals surface area contributed by atoms with Crippen LogP contribution in [0.3, 0.4) is 0 Å². The first-order valence-electron chi connectivity index (χ1n) is 5.09. The highest BCUT2D eigenvalue weighted by molar-refractivity contribution is 5.97. The molecular weight excluding hydrogens is 224 g/mol. The van der Waals surface area contributed by atoms with E-state index in [4.69, 9.17) is 4.74 Å². The van der Waals surface area contributed by atoms with Gasteiger partial charge in [0.25, 0.3) is 11.6 Å². The molecule has 1 amide bonds. The number of carbonyl (C=O) groups is 1. The fourth-order valence-corrected chi connectivity index (χ4v) is 1.32. The summed E-state index contributed by atoms with van der Waals surface area (Å²) in [5.41, 5.74) is 0.176. The number of nitrogens with zero attached hydrogens (tertiary/aromatic N) is 1. The van der Waals surface area contributed by atoms with E-state index in [1.54, 1.807) is 0 Å². The Balaban J connectivity index is 3.08. The summed E-state index contributed by atoms with van der Waals surface area (Å²) in [4.78, 5) is 21.8. The van der Waals surface area contributed by atoms with Gasteiger partial charge in [0, 0.05) is 12.1 Å². The lowest BCUT2D eigenvalue weighted by Crippen LogP contribution is -2.30. The Morgan fingerprint density at radius 1 is 1.47 bits per heavy atom. The quantitative estimate of drug-likeness (QED) is 0.639. The van der Waals surface area contributed by atoms with Gasteiger partial charge in [-0.25, -0.2) is 0 Å². The molecule has 0 saturated heterocycles. The minimum atomic E-state index is -0.535. The van der Waals surface area contributed by atoms with Gasteiger partial charge in [-0.05, 0) is 19.9 Å². The second-order valence-corrected chi connectivity index (χ2v) is 3.77. The Morgan fingerprint density at radius 3 is 2.59 bits per heavy atom. The number of nitrogens with one attached hydrogen (secondary N) is 1. The zero-order chi connectivity index (χ0) is 13.0. The van der Waals surface area contributed by atoms with Crippen LogP contribution >= 0.6 is 0 Å². The third-order valence-electron chi connectivity index (χ3n) is 2.06. The Labute approximate surface area is 98.7 Å². The topological polar surface area (TPSA) is 81.5 Å². The molecule has 0 unspecified atom stereocenters. The van der Waals surface area contributed by atoms with Gasteiger partial charge in [0.05, 0.1) is 23.7 Å². The molecule has 0 aliphatic heterocycles. The Hall–Kier alpha value is -2.11. The Morgan fingerprint density at radius 2 is 2.12 bits per heavy atom. The molecule has 0 radical (unpaired) electrons. The average Bonchev–Trinajstić information content (AvgIpc) is 2.27. The second kappa shape index (κ2) is 5.29. The number of rotatable bonds is 4. The number of carbonyl (C=O) groups excluding carboxylic acids is 1. The predicted octanol–water partition coefficient (Wildman–Crippen LogP) is 1.74. The molecule has 6 nitrogen and oxygen atoms in total. The minimum absolute atomic E-state index is 0.0117. The molecule has 0 atom stereocenters. The van der Waals surface area contributed by atoms with Crippen LogP contribution in [0.2, 0.25) is 0 Å². The second-order valence-electron chi connectivity index (χ2n) is 3.77. The number of nitro benzene ring substituents is 1. The van der Waals surface area contributed by atoms with Crippen LogP contribution in [0.25, 0.3) is 0 Å². The highest BCUT2D eigenvalue weighted by Gasteiger charge is 2.16. The molecular formula is C11H14N2O4. The Bertz CT molecular complexity index is 443. The van der Waals surface area contributed by atoms with Crippen molar-refractivity contribution in [2.75, 3.05) is 7.11 Å². The van der Waals surface area contributed by atoms with E-state index < -0.39 is 4.92 Å². The summed E-state index contributed by atoms with van der Waals surface area (Å²) in [5, 5.41) is 13.3. The third-order valence-corrected chi connectivity index (χ3v) is 2.06. The first-order chi connectivity index (χ1) is 7.95. The molecule has 0 bridgehead atoms. The summed E-state index contributed by atoms with van der Waals surface area (Å²) in [6.45, 7) is 3.66. The van der Waals surface area contributed by atoms with Crippen LogP contribution in [0, 0.1) is 10.1 Å². The Kier molecular flexibility index (Phi) is 4.03. The molecule has 6 heteroatoms. The molecule has 1 N–H and O–H groups in total. The van der Waals surface area contributed by atoms with E-state index in [2.05, 4.69) is 5.32 Å². The van der Waals surface area contributed by atoms with E-state index in [1.807, 2.05) is 13.8 Å². The van der Waals surface area contributed by atoms with Crippen LogP contribution in [-0.2, 0) is 0 Å². The maximum absolute atomic E-state index is 11.8. The number of non-ortho nitro benzene ring substituents is 1. The van der Waals surface area contributed by atoms with Gasteiger partial charge in [0.2, 0.25) is 0 Å². The largest absolute Gasteiger partial charge is 0.496 e. The van der Waals surface area contributed by atoms with Crippen LogP contribution in [0.15, 0.2) is 18.2 Å². The van der Waals surface area contributed by atoms with Crippen molar-refractivity contribution in [3.05, 3.63) is 33.9 Å². The van der Waals surface area contributed by atoms with Gasteiger partial charge in [-0.3, -0.25) is 14.9 Å². The van der Waals surface area contributed by atoms with Crippen LogP contribution in [0.4, 0.5) is 5.69 Å². The molecule has 0 saturated carbocycles. The predicted molar refractivity (Wildman–Crippen MR) is 62.3 cm³/mol. The van der Waals surface area contributed by atoms with Crippen LogP contribution in [0.5, 0.6) is 5.75 Å². The maximum atomic E-state index is 11.8. The molecule has 0 heterocycles. The van der Waals surface area contributed by atoms with Crippen molar-refractivity contribution in [2.45, 2.75) is 19.9 Å². The van der Waals surface area contributed by atoms with Crippen molar-refractivity contribution < 1.29 is 14.5 Å². The van der Waals surface area contributed by atoms with Crippen molar-refractivity contribution in [3.63, 3.8) is 0 Å². The molecule has 0 spiro atoms. The number of benzene rings is 1. The van der Waals surface area contributed by atoms with E-state index in [9.17, 15) is 14.9 Å². The lowest BCUT2D eigenvalue weighted by Gasteiger charge is -2.11. The molecule has 92 valence electrons. The monoisotopic (exact) mass is 238 g/mol. The molecule has 1 rings (SSSR count). The summed E-state index contributed by atoms with van der Waals surface area (Å²) >= 11 is 0. The fourth-order valence-electron chi connectivity index (χ4n) is 1.32. The van der Waals surface area contributed by atoms with Crippen molar-refractivity contribution in [3.8, 4) is 5.75 Å². The van der Waals surface area contributed by atoms with E-state index in [0.29, 0.717) is 0 Å². The van der Waals surface area contributed by atoms with Gasteiger partial charge in [-0.1, -0.05) is 0 Å². The van der Waals surface area contributed by atoms with Crippen LogP contribution < -0.4 is 10.1 Å². The number of ether oxygens (including phenoxy) is 1. The van der Waals surface area contributed by atoms with E-state index in [0.717, 1.165) is 0 Å². The first-order valence-corrected chi connectivity index (χ1v) is 5.09. The van der Waals surface area contributed by atoms with Gasteiger partial charge in [-0.15, -0.1) is 0 Å². The molecule has 0 aliphatic rings. The molecule has 1 aromatic carbocycles. The van der Waals surface area contributed by atoms with E-state index >= 15 is 0 Å². The van der Waals surface area contributed by atoms with Gasteiger partial charge >= 0.3 is 0 Å². The van der Waals surface area contributed by atoms with Crippen molar-refractivity contribution in [1.29, 1.82) is 0 Å². The molecule has 0 aromatic heterocycles. The van der Waals surface area contributed by atoms with Crippen molar-refractivity contribution in [2.24, 2.45) is 0 Å². The van der Waals surface area contributed by atoms with Gasteiger partial charge < -0.3 is 10.1 Å². The standard InChI is InChI=1S/C11H14N2O4/c1-7(2)12-11(14)9-5-4-8(13(15)16)6-10(9)17-3/h4-7H,1-3H3,(H,12,14). The lowest BCUT2D eigenvalue weighted by atomic mass is 10.1. The number of hydrogen-bond donors (Lipinski definition) is 1. The van der Waals surface area contributed by atoms with Crippen molar-refractivity contribution in [1.82, 2.24) is 5.32 Å². The van der Waals surface area contributed by atoms with E-state index in [1.165, 1.54) is 25.3 Å². The van der Waals surface area contributed by atoms with Crippen LogP contribution in [0.1, 0.15) is 24.2 Å². The lowest BCUT2D eigenvalue weighted by molar-refractivity contribution is -0.384. The SMILES string of the molecule is COc1cc([N+](=O)[O-])ccc1C(=O)NC(C)C. The number of methoxy groups -OCH3 is 1. The molecule has 17 heavy (non-hydrogen) atoms. The highest BCUT2D eigenvalue weighted by atomic mass is 16.6. The van der Waals surface area contributed by atoms with Gasteiger partial charge in [0.1, 0.15) is 5.75 Å². The zero-order valence-corrected chi connectivity index (χ0v) is 9.89. The first kappa shape index (κ1) is 13.0. The van der Waals surface area contributed by atoms with Crippen LogP contribution in [-0.4, -0.2) is 24.0 Å². The smallest absolute Gasteiger partial charge is 0.273 e. The maximum Gasteiger partial charge on any atom is 0.273 e. The highest BCUT2D eigenvalue weighted by Crippen LogP contribution is 2.24.